The lowest BCUT2D eigenvalue weighted by Gasteiger charge is -2.22. The van der Waals surface area contributed by atoms with Crippen molar-refractivity contribution in [2.45, 2.75) is 32.6 Å². The molecule has 2 rings (SSSR count). The van der Waals surface area contributed by atoms with Crippen molar-refractivity contribution >= 4 is 11.6 Å². The van der Waals surface area contributed by atoms with Crippen molar-refractivity contribution in [2.24, 2.45) is 0 Å². The van der Waals surface area contributed by atoms with E-state index < -0.39 is 5.91 Å². The Morgan fingerprint density at radius 1 is 1.14 bits per heavy atom. The summed E-state index contributed by atoms with van der Waals surface area (Å²) in [6.45, 7) is 6.81. The van der Waals surface area contributed by atoms with Gasteiger partial charge in [0.2, 0.25) is 0 Å². The molecule has 0 fully saturated rings. The molecule has 0 radical (unpaired) electrons. The van der Waals surface area contributed by atoms with Crippen molar-refractivity contribution in [3.8, 4) is 11.8 Å². The molecule has 0 saturated heterocycles. The fourth-order valence-corrected chi connectivity index (χ4v) is 2.77. The third-order valence-corrected chi connectivity index (χ3v) is 4.33. The number of nitrogens with zero attached hydrogens (tertiary/aromatic N) is 1. The summed E-state index contributed by atoms with van der Waals surface area (Å²) >= 11 is 0. The van der Waals surface area contributed by atoms with Crippen molar-refractivity contribution in [3.05, 3.63) is 71.4 Å². The molecule has 0 aromatic heterocycles. The number of methoxy groups -OCH3 is 1. The van der Waals surface area contributed by atoms with E-state index in [1.54, 1.807) is 7.11 Å². The zero-order valence-corrected chi connectivity index (χ0v) is 16.9. The molecular weight excluding hydrogens is 350 g/mol. The normalized spacial score (nSPS) is 11.5. The lowest BCUT2D eigenvalue weighted by Crippen LogP contribution is -2.27. The summed E-state index contributed by atoms with van der Waals surface area (Å²) in [6, 6.07) is 17.5. The van der Waals surface area contributed by atoms with Gasteiger partial charge in [0.1, 0.15) is 17.4 Å². The number of benzene rings is 2. The van der Waals surface area contributed by atoms with Crippen LogP contribution in [0.3, 0.4) is 0 Å². The Bertz CT molecular complexity index is 872. The largest absolute Gasteiger partial charge is 0.497 e. The standard InChI is InChI=1S/C23H27N3O2/c1-23(2,3)20-7-5-6-8-21(20)26-16-18(15-24)22(27)25-14-13-17-9-11-19(28-4)12-10-17/h5-12,16,26H,13-14H2,1-4H3,(H,25,27)/b18-16-. The maximum Gasteiger partial charge on any atom is 0.263 e. The highest BCUT2D eigenvalue weighted by molar-refractivity contribution is 5.97. The summed E-state index contributed by atoms with van der Waals surface area (Å²) in [6.07, 6.45) is 2.14. The molecule has 1 amide bonds. The van der Waals surface area contributed by atoms with E-state index in [-0.39, 0.29) is 11.0 Å². The summed E-state index contributed by atoms with van der Waals surface area (Å²) < 4.78 is 5.13. The van der Waals surface area contributed by atoms with Crippen LogP contribution in [-0.4, -0.2) is 19.6 Å². The van der Waals surface area contributed by atoms with E-state index in [2.05, 4.69) is 31.4 Å². The van der Waals surface area contributed by atoms with E-state index in [1.165, 1.54) is 6.20 Å². The third-order valence-electron chi connectivity index (χ3n) is 4.33. The average molecular weight is 377 g/mol. The number of ether oxygens (including phenoxy) is 1. The van der Waals surface area contributed by atoms with Gasteiger partial charge >= 0.3 is 0 Å². The second kappa shape index (κ2) is 9.61. The second-order valence-electron chi connectivity index (χ2n) is 7.46. The molecule has 0 atom stereocenters. The molecule has 2 N–H and O–H groups in total. The number of nitrogens with one attached hydrogen (secondary N) is 2. The molecule has 0 aliphatic rings. The van der Waals surface area contributed by atoms with Crippen LogP contribution in [0.1, 0.15) is 31.9 Å². The molecule has 0 spiro atoms. The van der Waals surface area contributed by atoms with Crippen LogP contribution < -0.4 is 15.4 Å². The number of hydrogen-bond donors (Lipinski definition) is 2. The van der Waals surface area contributed by atoms with Crippen LogP contribution in [0.5, 0.6) is 5.75 Å². The molecule has 5 heteroatoms. The summed E-state index contributed by atoms with van der Waals surface area (Å²) in [4.78, 5) is 12.3. The van der Waals surface area contributed by atoms with Crippen LogP contribution in [-0.2, 0) is 16.6 Å². The van der Waals surface area contributed by atoms with Gasteiger partial charge in [-0.2, -0.15) is 5.26 Å². The molecule has 2 aromatic rings. The van der Waals surface area contributed by atoms with Gasteiger partial charge in [-0.3, -0.25) is 4.79 Å². The molecule has 0 saturated carbocycles. The minimum absolute atomic E-state index is 0.0402. The van der Waals surface area contributed by atoms with Crippen molar-refractivity contribution in [3.63, 3.8) is 0 Å². The first-order valence-corrected chi connectivity index (χ1v) is 9.22. The summed E-state index contributed by atoms with van der Waals surface area (Å²) in [5, 5.41) is 15.2. The number of anilines is 1. The van der Waals surface area contributed by atoms with Gasteiger partial charge in [-0.1, -0.05) is 51.1 Å². The highest BCUT2D eigenvalue weighted by Gasteiger charge is 2.17. The van der Waals surface area contributed by atoms with Crippen LogP contribution in [0.2, 0.25) is 0 Å². The Balaban J connectivity index is 1.97. The van der Waals surface area contributed by atoms with Gasteiger partial charge in [0.15, 0.2) is 0 Å². The molecule has 28 heavy (non-hydrogen) atoms. The number of para-hydroxylation sites is 1. The fourth-order valence-electron chi connectivity index (χ4n) is 2.77. The van der Waals surface area contributed by atoms with Crippen molar-refractivity contribution in [2.75, 3.05) is 19.0 Å². The van der Waals surface area contributed by atoms with E-state index in [9.17, 15) is 10.1 Å². The average Bonchev–Trinajstić information content (AvgIpc) is 2.68. The highest BCUT2D eigenvalue weighted by Crippen LogP contribution is 2.29. The van der Waals surface area contributed by atoms with E-state index in [1.807, 2.05) is 54.6 Å². The molecule has 5 nitrogen and oxygen atoms in total. The predicted octanol–water partition coefficient (Wildman–Crippen LogP) is 4.17. The first-order chi connectivity index (χ1) is 13.3. The lowest BCUT2D eigenvalue weighted by atomic mass is 9.86. The molecule has 0 heterocycles. The number of hydrogen-bond acceptors (Lipinski definition) is 4. The van der Waals surface area contributed by atoms with Crippen LogP contribution in [0.25, 0.3) is 0 Å². The van der Waals surface area contributed by atoms with E-state index in [0.29, 0.717) is 13.0 Å². The number of carbonyl (C=O) groups is 1. The number of nitriles is 1. The SMILES string of the molecule is COc1ccc(CCNC(=O)/C(C#N)=C\Nc2ccccc2C(C)(C)C)cc1. The predicted molar refractivity (Wildman–Crippen MR) is 112 cm³/mol. The van der Waals surface area contributed by atoms with E-state index >= 15 is 0 Å². The van der Waals surface area contributed by atoms with Crippen molar-refractivity contribution in [1.82, 2.24) is 5.32 Å². The Kier molecular flexibility index (Phi) is 7.22. The second-order valence-corrected chi connectivity index (χ2v) is 7.46. The fraction of sp³-hybridized carbons (Fsp3) is 0.304. The number of rotatable bonds is 7. The monoisotopic (exact) mass is 377 g/mol. The topological polar surface area (TPSA) is 74.1 Å². The summed E-state index contributed by atoms with van der Waals surface area (Å²) in [5.74, 6) is 0.404. The maximum absolute atomic E-state index is 12.3. The zero-order chi connectivity index (χ0) is 20.6. The highest BCUT2D eigenvalue weighted by atomic mass is 16.5. The number of carbonyl (C=O) groups excluding carboxylic acids is 1. The number of amides is 1. The van der Waals surface area contributed by atoms with Crippen molar-refractivity contribution < 1.29 is 9.53 Å². The van der Waals surface area contributed by atoms with E-state index in [0.717, 1.165) is 22.6 Å². The van der Waals surface area contributed by atoms with Crippen molar-refractivity contribution in [1.29, 1.82) is 5.26 Å². The molecular formula is C23H27N3O2. The van der Waals surface area contributed by atoms with Gasteiger partial charge in [-0.15, -0.1) is 0 Å². The van der Waals surface area contributed by atoms with Gasteiger partial charge < -0.3 is 15.4 Å². The van der Waals surface area contributed by atoms with Crippen LogP contribution in [0.15, 0.2) is 60.3 Å². The molecule has 0 aliphatic heterocycles. The minimum atomic E-state index is -0.392. The zero-order valence-electron chi connectivity index (χ0n) is 16.9. The van der Waals surface area contributed by atoms with Gasteiger partial charge in [0, 0.05) is 18.4 Å². The summed E-state index contributed by atoms with van der Waals surface area (Å²) in [5.41, 5.74) is 3.07. The Morgan fingerprint density at radius 2 is 1.82 bits per heavy atom. The smallest absolute Gasteiger partial charge is 0.263 e. The Hall–Kier alpha value is -3.26. The first-order valence-electron chi connectivity index (χ1n) is 9.22. The Morgan fingerprint density at radius 3 is 2.43 bits per heavy atom. The first kappa shape index (κ1) is 21.0. The molecule has 0 aliphatic carbocycles. The van der Waals surface area contributed by atoms with Crippen LogP contribution >= 0.6 is 0 Å². The minimum Gasteiger partial charge on any atom is -0.497 e. The molecule has 0 bridgehead atoms. The maximum atomic E-state index is 12.3. The summed E-state index contributed by atoms with van der Waals surface area (Å²) in [7, 11) is 1.62. The van der Waals surface area contributed by atoms with Gasteiger partial charge in [0.25, 0.3) is 5.91 Å². The molecule has 2 aromatic carbocycles. The van der Waals surface area contributed by atoms with Crippen LogP contribution in [0, 0.1) is 11.3 Å². The molecule has 146 valence electrons. The molecule has 0 unspecified atom stereocenters. The lowest BCUT2D eigenvalue weighted by molar-refractivity contribution is -0.117. The van der Waals surface area contributed by atoms with E-state index in [4.69, 9.17) is 4.74 Å². The third kappa shape index (κ3) is 5.88. The van der Waals surface area contributed by atoms with Gasteiger partial charge in [0.05, 0.1) is 7.11 Å². The quantitative estimate of drug-likeness (QED) is 0.561. The van der Waals surface area contributed by atoms with Crippen LogP contribution in [0.4, 0.5) is 5.69 Å². The Labute approximate surface area is 167 Å². The van der Waals surface area contributed by atoms with Gasteiger partial charge in [-0.05, 0) is 41.2 Å². The van der Waals surface area contributed by atoms with Gasteiger partial charge in [-0.25, -0.2) is 0 Å².